The average molecular weight is 284 g/mol. The van der Waals surface area contributed by atoms with E-state index >= 15 is 0 Å². The number of pyridine rings is 1. The van der Waals surface area contributed by atoms with Crippen molar-refractivity contribution in [1.82, 2.24) is 4.98 Å². The minimum atomic E-state index is 0.496. The highest BCUT2D eigenvalue weighted by molar-refractivity contribution is 9.10. The Bertz CT molecular complexity index is 364. The number of rotatable bonds is 6. The zero-order chi connectivity index (χ0) is 11.8. The molecule has 0 radical (unpaired) electrons. The molecule has 1 rings (SSSR count). The third-order valence-corrected chi connectivity index (χ3v) is 2.55. The van der Waals surface area contributed by atoms with E-state index in [-0.39, 0.29) is 0 Å². The van der Waals surface area contributed by atoms with Crippen molar-refractivity contribution in [3.05, 3.63) is 22.9 Å². The van der Waals surface area contributed by atoms with Crippen molar-refractivity contribution >= 4 is 21.6 Å². The molecule has 1 aromatic heterocycles. The van der Waals surface area contributed by atoms with Crippen LogP contribution in [0.5, 0.6) is 0 Å². The summed E-state index contributed by atoms with van der Waals surface area (Å²) in [5, 5.41) is 8.61. The van der Waals surface area contributed by atoms with E-state index in [0.717, 1.165) is 16.7 Å². The SMILES string of the molecule is COCCN(CCC#N)c1cncc(Br)c1. The van der Waals surface area contributed by atoms with Gasteiger partial charge in [0.25, 0.3) is 0 Å². The highest BCUT2D eigenvalue weighted by Crippen LogP contribution is 2.18. The van der Waals surface area contributed by atoms with E-state index in [0.29, 0.717) is 19.6 Å². The van der Waals surface area contributed by atoms with Crippen LogP contribution in [-0.4, -0.2) is 31.8 Å². The van der Waals surface area contributed by atoms with Crippen molar-refractivity contribution in [2.45, 2.75) is 6.42 Å². The molecule has 0 aliphatic heterocycles. The molecule has 1 heterocycles. The number of ether oxygens (including phenoxy) is 1. The van der Waals surface area contributed by atoms with Crippen LogP contribution in [0.3, 0.4) is 0 Å². The fourth-order valence-corrected chi connectivity index (χ4v) is 1.68. The monoisotopic (exact) mass is 283 g/mol. The van der Waals surface area contributed by atoms with Crippen LogP contribution in [0.15, 0.2) is 22.9 Å². The summed E-state index contributed by atoms with van der Waals surface area (Å²) in [7, 11) is 1.67. The fraction of sp³-hybridized carbons (Fsp3) is 0.455. The van der Waals surface area contributed by atoms with Gasteiger partial charge in [-0.05, 0) is 22.0 Å². The molecule has 0 spiro atoms. The predicted octanol–water partition coefficient (Wildman–Crippen LogP) is 2.21. The van der Waals surface area contributed by atoms with Crippen molar-refractivity contribution in [3.63, 3.8) is 0 Å². The van der Waals surface area contributed by atoms with Crippen molar-refractivity contribution in [2.75, 3.05) is 31.7 Å². The smallest absolute Gasteiger partial charge is 0.0640 e. The molecule has 0 bridgehead atoms. The molecule has 0 amide bonds. The van der Waals surface area contributed by atoms with Crippen LogP contribution in [0.4, 0.5) is 5.69 Å². The molecular weight excluding hydrogens is 270 g/mol. The average Bonchev–Trinajstić information content (AvgIpc) is 2.29. The Morgan fingerprint density at radius 1 is 1.50 bits per heavy atom. The summed E-state index contributed by atoms with van der Waals surface area (Å²) in [6, 6.07) is 4.13. The molecular formula is C11H14BrN3O. The Hall–Kier alpha value is -1.12. The minimum Gasteiger partial charge on any atom is -0.383 e. The molecule has 4 nitrogen and oxygen atoms in total. The van der Waals surface area contributed by atoms with Crippen LogP contribution in [0.1, 0.15) is 6.42 Å². The molecule has 0 aromatic carbocycles. The maximum absolute atomic E-state index is 8.61. The molecule has 5 heteroatoms. The third kappa shape index (κ3) is 4.17. The summed E-state index contributed by atoms with van der Waals surface area (Å²) in [5.41, 5.74) is 1.00. The summed E-state index contributed by atoms with van der Waals surface area (Å²) in [5.74, 6) is 0. The Morgan fingerprint density at radius 3 is 2.94 bits per heavy atom. The van der Waals surface area contributed by atoms with Crippen LogP contribution in [0.2, 0.25) is 0 Å². The number of anilines is 1. The molecule has 0 unspecified atom stereocenters. The van der Waals surface area contributed by atoms with Crippen molar-refractivity contribution in [3.8, 4) is 6.07 Å². The lowest BCUT2D eigenvalue weighted by Gasteiger charge is -2.23. The molecule has 0 atom stereocenters. The van der Waals surface area contributed by atoms with E-state index in [2.05, 4.69) is 31.9 Å². The highest BCUT2D eigenvalue weighted by atomic mass is 79.9. The molecule has 0 aliphatic rings. The first kappa shape index (κ1) is 12.9. The van der Waals surface area contributed by atoms with E-state index in [4.69, 9.17) is 10.00 Å². The second-order valence-corrected chi connectivity index (χ2v) is 4.16. The van der Waals surface area contributed by atoms with E-state index in [1.54, 1.807) is 19.5 Å². The molecule has 0 fully saturated rings. The van der Waals surface area contributed by atoms with Crippen LogP contribution in [0, 0.1) is 11.3 Å². The van der Waals surface area contributed by atoms with Gasteiger partial charge in [-0.25, -0.2) is 0 Å². The summed E-state index contributed by atoms with van der Waals surface area (Å²) < 4.78 is 5.98. The third-order valence-electron chi connectivity index (χ3n) is 2.11. The van der Waals surface area contributed by atoms with Crippen molar-refractivity contribution < 1.29 is 4.74 Å². The first-order chi connectivity index (χ1) is 7.77. The molecule has 0 saturated heterocycles. The zero-order valence-corrected chi connectivity index (χ0v) is 10.8. The number of nitriles is 1. The molecule has 0 N–H and O–H groups in total. The van der Waals surface area contributed by atoms with Gasteiger partial charge in [0.1, 0.15) is 0 Å². The lowest BCUT2D eigenvalue weighted by atomic mass is 10.3. The van der Waals surface area contributed by atoms with Gasteiger partial charge in [-0.1, -0.05) is 0 Å². The van der Waals surface area contributed by atoms with Crippen molar-refractivity contribution in [1.29, 1.82) is 5.26 Å². The van der Waals surface area contributed by atoms with Gasteiger partial charge in [-0.3, -0.25) is 4.98 Å². The molecule has 0 saturated carbocycles. The molecule has 86 valence electrons. The van der Waals surface area contributed by atoms with Crippen LogP contribution in [0.25, 0.3) is 0 Å². The van der Waals surface area contributed by atoms with Crippen molar-refractivity contribution in [2.24, 2.45) is 0 Å². The Labute approximate surface area is 104 Å². The minimum absolute atomic E-state index is 0.496. The van der Waals surface area contributed by atoms with Gasteiger partial charge in [0.2, 0.25) is 0 Å². The number of hydrogen-bond acceptors (Lipinski definition) is 4. The number of methoxy groups -OCH3 is 1. The lowest BCUT2D eigenvalue weighted by molar-refractivity contribution is 0.205. The summed E-state index contributed by atoms with van der Waals surface area (Å²) in [4.78, 5) is 6.20. The van der Waals surface area contributed by atoms with Gasteiger partial charge in [0.15, 0.2) is 0 Å². The Morgan fingerprint density at radius 2 is 2.31 bits per heavy atom. The van der Waals surface area contributed by atoms with Gasteiger partial charge in [0.05, 0.1) is 31.0 Å². The zero-order valence-electron chi connectivity index (χ0n) is 9.19. The Kier molecular flexibility index (Phi) is 5.83. The van der Waals surface area contributed by atoms with E-state index in [1.165, 1.54) is 0 Å². The maximum Gasteiger partial charge on any atom is 0.0640 e. The predicted molar refractivity (Wildman–Crippen MR) is 66.3 cm³/mol. The first-order valence-electron chi connectivity index (χ1n) is 4.99. The fourth-order valence-electron chi connectivity index (χ4n) is 1.33. The number of hydrogen-bond donors (Lipinski definition) is 0. The van der Waals surface area contributed by atoms with Crippen LogP contribution in [-0.2, 0) is 4.74 Å². The van der Waals surface area contributed by atoms with Crippen LogP contribution < -0.4 is 4.90 Å². The summed E-state index contributed by atoms with van der Waals surface area (Å²) >= 11 is 3.38. The van der Waals surface area contributed by atoms with Gasteiger partial charge in [-0.15, -0.1) is 0 Å². The normalized spacial score (nSPS) is 9.81. The van der Waals surface area contributed by atoms with E-state index < -0.39 is 0 Å². The first-order valence-corrected chi connectivity index (χ1v) is 5.78. The number of nitrogens with zero attached hydrogens (tertiary/aromatic N) is 3. The van der Waals surface area contributed by atoms with Gasteiger partial charge >= 0.3 is 0 Å². The number of halogens is 1. The van der Waals surface area contributed by atoms with Gasteiger partial charge < -0.3 is 9.64 Å². The lowest BCUT2D eigenvalue weighted by Crippen LogP contribution is -2.28. The quantitative estimate of drug-likeness (QED) is 0.803. The van der Waals surface area contributed by atoms with E-state index in [9.17, 15) is 0 Å². The van der Waals surface area contributed by atoms with E-state index in [1.807, 2.05) is 6.07 Å². The second-order valence-electron chi connectivity index (χ2n) is 3.25. The second kappa shape index (κ2) is 7.20. The molecule has 1 aromatic rings. The standard InChI is InChI=1S/C11H14BrN3O/c1-16-6-5-15(4-2-3-13)11-7-10(12)8-14-9-11/h7-9H,2,4-6H2,1H3. The van der Waals surface area contributed by atoms with Gasteiger partial charge in [0, 0.05) is 30.9 Å². The largest absolute Gasteiger partial charge is 0.383 e. The molecule has 0 aliphatic carbocycles. The number of aromatic nitrogens is 1. The Balaban J connectivity index is 2.70. The summed E-state index contributed by atoms with van der Waals surface area (Å²) in [6.07, 6.45) is 4.02. The summed E-state index contributed by atoms with van der Waals surface area (Å²) in [6.45, 7) is 2.09. The van der Waals surface area contributed by atoms with Crippen LogP contribution >= 0.6 is 15.9 Å². The molecule has 16 heavy (non-hydrogen) atoms. The topological polar surface area (TPSA) is 49.1 Å². The van der Waals surface area contributed by atoms with Gasteiger partial charge in [-0.2, -0.15) is 5.26 Å². The maximum atomic E-state index is 8.61. The highest BCUT2D eigenvalue weighted by Gasteiger charge is 2.06.